The Morgan fingerprint density at radius 1 is 1.00 bits per heavy atom. The predicted octanol–water partition coefficient (Wildman–Crippen LogP) is 2.48. The molecule has 0 aromatic carbocycles. The number of nitrogens with two attached hydrogens (primary N) is 1. The normalized spacial score (nSPS) is 40.8. The van der Waals surface area contributed by atoms with Crippen molar-refractivity contribution in [2.24, 2.45) is 23.2 Å². The third-order valence-corrected chi connectivity index (χ3v) is 7.39. The van der Waals surface area contributed by atoms with Gasteiger partial charge in [0, 0.05) is 6.61 Å². The number of rotatable bonds is 8. The van der Waals surface area contributed by atoms with Crippen LogP contribution in [0.15, 0.2) is 0 Å². The second kappa shape index (κ2) is 7.01. The van der Waals surface area contributed by atoms with Gasteiger partial charge in [-0.25, -0.2) is 0 Å². The van der Waals surface area contributed by atoms with E-state index in [1.54, 1.807) is 0 Å². The summed E-state index contributed by atoms with van der Waals surface area (Å²) in [5.41, 5.74) is 0.621. The molecule has 0 saturated heterocycles. The summed E-state index contributed by atoms with van der Waals surface area (Å²) in [4.78, 5) is 0. The highest BCUT2D eigenvalue weighted by molar-refractivity contribution is 5.01. The van der Waals surface area contributed by atoms with Crippen LogP contribution >= 0.6 is 0 Å². The quantitative estimate of drug-likeness (QED) is 0.674. The van der Waals surface area contributed by atoms with E-state index in [4.69, 9.17) is 4.74 Å². The van der Waals surface area contributed by atoms with Gasteiger partial charge in [0.25, 0.3) is 0 Å². The zero-order chi connectivity index (χ0) is 15.7. The van der Waals surface area contributed by atoms with Crippen LogP contribution in [0.2, 0.25) is 0 Å². The lowest BCUT2D eigenvalue weighted by Gasteiger charge is -2.57. The van der Waals surface area contributed by atoms with Crippen molar-refractivity contribution in [3.8, 4) is 0 Å². The molecule has 0 radical (unpaired) electrons. The molecule has 3 nitrogen and oxygen atoms in total. The molecule has 5 fully saturated rings. The molecule has 0 aromatic heterocycles. The summed E-state index contributed by atoms with van der Waals surface area (Å²) in [5.74, 6) is 3.11. The molecule has 23 heavy (non-hydrogen) atoms. The molecule has 0 amide bonds. The smallest absolute Gasteiger partial charge is 0.126 e. The predicted molar refractivity (Wildman–Crippen MR) is 91.1 cm³/mol. The highest BCUT2D eigenvalue weighted by Gasteiger charge is 2.50. The Bertz CT molecular complexity index is 356. The first-order valence-corrected chi connectivity index (χ1v) is 10.3. The van der Waals surface area contributed by atoms with Gasteiger partial charge in [-0.3, -0.25) is 0 Å². The van der Waals surface area contributed by atoms with Crippen molar-refractivity contribution in [1.82, 2.24) is 0 Å². The van der Waals surface area contributed by atoms with Gasteiger partial charge in [-0.05, 0) is 93.8 Å². The highest BCUT2D eigenvalue weighted by atomic mass is 16.5. The van der Waals surface area contributed by atoms with Gasteiger partial charge in [-0.1, -0.05) is 0 Å². The Kier molecular flexibility index (Phi) is 4.99. The molecular formula is C20H36NO2+. The maximum atomic E-state index is 10.1. The summed E-state index contributed by atoms with van der Waals surface area (Å²) >= 11 is 0. The second-order valence-electron chi connectivity index (χ2n) is 9.41. The minimum absolute atomic E-state index is 0.285. The van der Waals surface area contributed by atoms with Crippen molar-refractivity contribution in [3.05, 3.63) is 0 Å². The zero-order valence-corrected chi connectivity index (χ0v) is 14.7. The first-order valence-electron chi connectivity index (χ1n) is 10.3. The van der Waals surface area contributed by atoms with Crippen LogP contribution in [0.25, 0.3) is 0 Å². The van der Waals surface area contributed by atoms with E-state index in [1.165, 1.54) is 70.6 Å². The number of quaternary nitrogens is 1. The third-order valence-electron chi connectivity index (χ3n) is 7.39. The van der Waals surface area contributed by atoms with E-state index in [1.807, 2.05) is 0 Å². The molecule has 1 atom stereocenters. The van der Waals surface area contributed by atoms with Gasteiger partial charge in [-0.2, -0.15) is 0 Å². The van der Waals surface area contributed by atoms with E-state index in [-0.39, 0.29) is 6.10 Å². The Balaban J connectivity index is 1.13. The summed E-state index contributed by atoms with van der Waals surface area (Å²) in [6, 6.07) is 0.761. The molecule has 132 valence electrons. The van der Waals surface area contributed by atoms with Gasteiger partial charge in [0.15, 0.2) is 0 Å². The van der Waals surface area contributed by atoms with Crippen molar-refractivity contribution < 1.29 is 15.2 Å². The van der Waals surface area contributed by atoms with Crippen LogP contribution in [0.1, 0.15) is 70.6 Å². The van der Waals surface area contributed by atoms with Gasteiger partial charge >= 0.3 is 0 Å². The van der Waals surface area contributed by atoms with Gasteiger partial charge in [0.05, 0.1) is 12.6 Å². The first kappa shape index (κ1) is 16.4. The number of ether oxygens (including phenoxy) is 1. The van der Waals surface area contributed by atoms with Gasteiger partial charge < -0.3 is 15.2 Å². The van der Waals surface area contributed by atoms with E-state index >= 15 is 0 Å². The van der Waals surface area contributed by atoms with E-state index in [0.717, 1.165) is 36.9 Å². The molecule has 0 spiro atoms. The lowest BCUT2D eigenvalue weighted by molar-refractivity contribution is -0.693. The van der Waals surface area contributed by atoms with E-state index in [2.05, 4.69) is 5.32 Å². The molecule has 3 N–H and O–H groups in total. The highest BCUT2D eigenvalue weighted by Crippen LogP contribution is 2.61. The molecule has 0 aliphatic heterocycles. The number of aliphatic hydroxyl groups excluding tert-OH is 1. The van der Waals surface area contributed by atoms with Gasteiger partial charge in [0.1, 0.15) is 12.6 Å². The molecule has 0 heterocycles. The summed E-state index contributed by atoms with van der Waals surface area (Å²) in [7, 11) is 0. The van der Waals surface area contributed by atoms with Crippen LogP contribution in [0.3, 0.4) is 0 Å². The third kappa shape index (κ3) is 3.93. The van der Waals surface area contributed by atoms with Crippen LogP contribution < -0.4 is 5.32 Å². The van der Waals surface area contributed by atoms with Crippen molar-refractivity contribution in [2.45, 2.75) is 82.8 Å². The largest absolute Gasteiger partial charge is 0.385 e. The second-order valence-corrected chi connectivity index (χ2v) is 9.41. The van der Waals surface area contributed by atoms with Crippen LogP contribution in [-0.2, 0) is 4.74 Å². The van der Waals surface area contributed by atoms with Crippen LogP contribution in [0, 0.1) is 23.2 Å². The molecule has 4 bridgehead atoms. The maximum absolute atomic E-state index is 10.1. The van der Waals surface area contributed by atoms with Crippen molar-refractivity contribution in [2.75, 3.05) is 19.8 Å². The minimum Gasteiger partial charge on any atom is -0.385 e. The topological polar surface area (TPSA) is 46.1 Å². The summed E-state index contributed by atoms with van der Waals surface area (Å²) in [6.45, 7) is 2.23. The van der Waals surface area contributed by atoms with Gasteiger partial charge in [0.2, 0.25) is 0 Å². The Morgan fingerprint density at radius 2 is 1.61 bits per heavy atom. The average Bonchev–Trinajstić information content (AvgIpc) is 3.02. The van der Waals surface area contributed by atoms with Crippen LogP contribution in [0.5, 0.6) is 0 Å². The SMILES string of the molecule is O[C@@H](C[NH2+]C1CCCC1)COCCC12CC3CC(CC(C3)C1)C2. The van der Waals surface area contributed by atoms with E-state index in [9.17, 15) is 5.11 Å². The van der Waals surface area contributed by atoms with E-state index in [0.29, 0.717) is 12.0 Å². The van der Waals surface area contributed by atoms with Crippen molar-refractivity contribution in [1.29, 1.82) is 0 Å². The van der Waals surface area contributed by atoms with Crippen molar-refractivity contribution in [3.63, 3.8) is 0 Å². The molecule has 3 heteroatoms. The van der Waals surface area contributed by atoms with Crippen molar-refractivity contribution >= 4 is 0 Å². The number of aliphatic hydroxyl groups is 1. The molecule has 0 unspecified atom stereocenters. The fraction of sp³-hybridized carbons (Fsp3) is 1.00. The Morgan fingerprint density at radius 3 is 2.22 bits per heavy atom. The Labute approximate surface area is 141 Å². The number of hydrogen-bond donors (Lipinski definition) is 2. The average molecular weight is 323 g/mol. The lowest BCUT2D eigenvalue weighted by atomic mass is 9.49. The minimum atomic E-state index is -0.285. The molecule has 5 saturated carbocycles. The molecule has 0 aromatic rings. The molecule has 5 aliphatic carbocycles. The fourth-order valence-corrected chi connectivity index (χ4v) is 6.71. The van der Waals surface area contributed by atoms with Crippen LogP contribution in [-0.4, -0.2) is 37.0 Å². The standard InChI is InChI=1S/C20H35NO2/c22-19(13-21-18-3-1-2-4-18)14-23-6-5-20-10-15-7-16(11-20)9-17(8-15)12-20/h15-19,21-22H,1-14H2/p+1/t15?,16?,17?,19-,20?/m0/s1. The van der Waals surface area contributed by atoms with Crippen LogP contribution in [0.4, 0.5) is 0 Å². The zero-order valence-electron chi connectivity index (χ0n) is 14.7. The van der Waals surface area contributed by atoms with Gasteiger partial charge in [-0.15, -0.1) is 0 Å². The maximum Gasteiger partial charge on any atom is 0.126 e. The molecule has 5 rings (SSSR count). The molecular weight excluding hydrogens is 286 g/mol. The van der Waals surface area contributed by atoms with E-state index < -0.39 is 0 Å². The monoisotopic (exact) mass is 322 g/mol. The summed E-state index contributed by atoms with van der Waals surface area (Å²) in [6.07, 6.45) is 15.4. The lowest BCUT2D eigenvalue weighted by Crippen LogP contribution is -2.91. The first-order chi connectivity index (χ1) is 11.2. The molecule has 5 aliphatic rings. The summed E-state index contributed by atoms with van der Waals surface area (Å²) < 4.78 is 5.88. The fourth-order valence-electron chi connectivity index (χ4n) is 6.71. The Hall–Kier alpha value is -0.120. The number of hydrogen-bond acceptors (Lipinski definition) is 2. The summed E-state index contributed by atoms with van der Waals surface area (Å²) in [5, 5.41) is 12.5.